The molecule has 4 N–H and O–H groups in total. The van der Waals surface area contributed by atoms with Gasteiger partial charge < -0.3 is 31.1 Å². The summed E-state index contributed by atoms with van der Waals surface area (Å²) in [7, 11) is 0. The molecule has 0 fully saturated rings. The first-order chi connectivity index (χ1) is 25.0. The first-order valence-corrected chi connectivity index (χ1v) is 20.7. The van der Waals surface area contributed by atoms with Crippen LogP contribution in [0.15, 0.2) is 48.5 Å². The molecule has 2 aromatic carbocycles. The van der Waals surface area contributed by atoms with Crippen molar-refractivity contribution >= 4 is 23.4 Å². The van der Waals surface area contributed by atoms with Crippen LogP contribution in [0.3, 0.4) is 0 Å². The zero-order valence-corrected chi connectivity index (χ0v) is 33.0. The number of hydrogen-bond donors (Lipinski definition) is 4. The summed E-state index contributed by atoms with van der Waals surface area (Å²) in [5.41, 5.74) is 3.90. The molecule has 0 atom stereocenters. The van der Waals surface area contributed by atoms with Gasteiger partial charge in [0.05, 0.1) is 0 Å². The van der Waals surface area contributed by atoms with Gasteiger partial charge in [-0.25, -0.2) is 9.59 Å². The largest absolute Gasteiger partial charge is 0.337 e. The molecule has 8 heteroatoms. The fourth-order valence-corrected chi connectivity index (χ4v) is 6.37. The standard InChI is InChI=1S/C43H74N6O2/c1-5-9-13-17-31-48(32-18-14-10-6-2)35-29-44-42(50)46-40-25-21-38(22-26-40)37-39-23-27-41(28-24-39)47-43(51)45-30-36-49(33-19-15-11-7-3)34-20-16-12-8-4/h21-28H,5-20,29-37H2,1-4H3,(H2,44,46,50)(H2,45,47,51). The van der Waals surface area contributed by atoms with Gasteiger partial charge in [0, 0.05) is 37.6 Å². The molecule has 0 aromatic heterocycles. The highest BCUT2D eigenvalue weighted by Crippen LogP contribution is 2.16. The smallest absolute Gasteiger partial charge is 0.319 e. The molecule has 2 aromatic rings. The fourth-order valence-electron chi connectivity index (χ4n) is 6.37. The molecule has 0 aliphatic carbocycles. The van der Waals surface area contributed by atoms with Crippen molar-refractivity contribution in [2.75, 3.05) is 63.0 Å². The number of benzene rings is 2. The maximum atomic E-state index is 12.6. The van der Waals surface area contributed by atoms with Crippen LogP contribution in [0.25, 0.3) is 0 Å². The van der Waals surface area contributed by atoms with Crippen molar-refractivity contribution < 1.29 is 9.59 Å². The van der Waals surface area contributed by atoms with Gasteiger partial charge in [0.2, 0.25) is 0 Å². The molecule has 0 unspecified atom stereocenters. The quantitative estimate of drug-likeness (QED) is 0.0609. The zero-order valence-electron chi connectivity index (χ0n) is 33.0. The van der Waals surface area contributed by atoms with Crippen molar-refractivity contribution in [1.29, 1.82) is 0 Å². The summed E-state index contributed by atoms with van der Waals surface area (Å²) < 4.78 is 0. The van der Waals surface area contributed by atoms with E-state index >= 15 is 0 Å². The number of unbranched alkanes of at least 4 members (excludes halogenated alkanes) is 12. The van der Waals surface area contributed by atoms with E-state index in [1.54, 1.807) is 0 Å². The van der Waals surface area contributed by atoms with E-state index in [0.717, 1.165) is 68.2 Å². The molecule has 2 rings (SSSR count). The summed E-state index contributed by atoms with van der Waals surface area (Å²) in [4.78, 5) is 30.2. The minimum atomic E-state index is -0.158. The van der Waals surface area contributed by atoms with Crippen LogP contribution in [-0.4, -0.2) is 74.2 Å². The molecule has 0 spiro atoms. The molecule has 288 valence electrons. The van der Waals surface area contributed by atoms with Crippen molar-refractivity contribution in [2.24, 2.45) is 0 Å². The second kappa shape index (κ2) is 29.5. The lowest BCUT2D eigenvalue weighted by atomic mass is 10.0. The second-order valence-corrected chi connectivity index (χ2v) is 14.3. The van der Waals surface area contributed by atoms with Gasteiger partial charge in [-0.3, -0.25) is 0 Å². The van der Waals surface area contributed by atoms with Crippen molar-refractivity contribution in [2.45, 2.75) is 137 Å². The van der Waals surface area contributed by atoms with E-state index in [1.807, 2.05) is 24.3 Å². The van der Waals surface area contributed by atoms with Crippen LogP contribution in [-0.2, 0) is 6.42 Å². The average molecular weight is 707 g/mol. The number of rotatable bonds is 30. The Morgan fingerprint density at radius 2 is 0.745 bits per heavy atom. The Morgan fingerprint density at radius 1 is 0.431 bits per heavy atom. The molecule has 4 amide bonds. The summed E-state index contributed by atoms with van der Waals surface area (Å²) in [5.74, 6) is 0. The Hall–Kier alpha value is -3.10. The minimum Gasteiger partial charge on any atom is -0.337 e. The van der Waals surface area contributed by atoms with Gasteiger partial charge in [0.1, 0.15) is 0 Å². The Balaban J connectivity index is 1.72. The van der Waals surface area contributed by atoms with Crippen LogP contribution in [0.1, 0.15) is 142 Å². The number of nitrogens with one attached hydrogen (secondary N) is 4. The number of hydrogen-bond acceptors (Lipinski definition) is 4. The Kier molecular flexibility index (Phi) is 25.5. The lowest BCUT2D eigenvalue weighted by Crippen LogP contribution is -2.37. The molecular formula is C43H74N6O2. The molecular weight excluding hydrogens is 633 g/mol. The van der Waals surface area contributed by atoms with Crippen LogP contribution >= 0.6 is 0 Å². The van der Waals surface area contributed by atoms with Crippen molar-refractivity contribution in [3.63, 3.8) is 0 Å². The molecule has 0 radical (unpaired) electrons. The number of nitrogens with zero attached hydrogens (tertiary/aromatic N) is 2. The predicted octanol–water partition coefficient (Wildman–Crippen LogP) is 10.4. The number of urea groups is 2. The van der Waals surface area contributed by atoms with E-state index in [1.165, 1.54) is 103 Å². The van der Waals surface area contributed by atoms with Gasteiger partial charge in [-0.1, -0.05) is 129 Å². The minimum absolute atomic E-state index is 0.158. The van der Waals surface area contributed by atoms with Gasteiger partial charge in [0.25, 0.3) is 0 Å². The maximum Gasteiger partial charge on any atom is 0.319 e. The first-order valence-electron chi connectivity index (χ1n) is 20.7. The molecule has 0 saturated carbocycles. The van der Waals surface area contributed by atoms with E-state index < -0.39 is 0 Å². The summed E-state index contributed by atoms with van der Waals surface area (Å²) in [6.45, 7) is 16.5. The molecule has 51 heavy (non-hydrogen) atoms. The zero-order chi connectivity index (χ0) is 36.8. The topological polar surface area (TPSA) is 88.7 Å². The van der Waals surface area contributed by atoms with Gasteiger partial charge >= 0.3 is 12.1 Å². The predicted molar refractivity (Wildman–Crippen MR) is 219 cm³/mol. The van der Waals surface area contributed by atoms with Crippen molar-refractivity contribution in [1.82, 2.24) is 20.4 Å². The molecule has 0 aliphatic rings. The lowest BCUT2D eigenvalue weighted by Gasteiger charge is -2.22. The fraction of sp³-hybridized carbons (Fsp3) is 0.674. The van der Waals surface area contributed by atoms with E-state index in [-0.39, 0.29) is 12.1 Å². The van der Waals surface area contributed by atoms with Crippen LogP contribution < -0.4 is 21.3 Å². The van der Waals surface area contributed by atoms with Gasteiger partial charge in [-0.05, 0) is 93.7 Å². The summed E-state index contributed by atoms with van der Waals surface area (Å²) in [6, 6.07) is 15.7. The molecule has 0 heterocycles. The maximum absolute atomic E-state index is 12.6. The highest BCUT2D eigenvalue weighted by atomic mass is 16.2. The van der Waals surface area contributed by atoms with E-state index in [9.17, 15) is 9.59 Å². The summed E-state index contributed by atoms with van der Waals surface area (Å²) in [5, 5.41) is 12.1. The van der Waals surface area contributed by atoms with Crippen LogP contribution in [0, 0.1) is 0 Å². The third kappa shape index (κ3) is 22.4. The Labute approximate surface area is 312 Å². The SMILES string of the molecule is CCCCCCN(CCCCCC)CCNC(=O)Nc1ccc(Cc2ccc(NC(=O)NCCN(CCCCCC)CCCCCC)cc2)cc1. The molecule has 0 saturated heterocycles. The number of carbonyl (C=O) groups excluding carboxylic acids is 2. The van der Waals surface area contributed by atoms with E-state index in [4.69, 9.17) is 0 Å². The average Bonchev–Trinajstić information content (AvgIpc) is 3.13. The van der Waals surface area contributed by atoms with Gasteiger partial charge in [0.15, 0.2) is 0 Å². The molecule has 8 nitrogen and oxygen atoms in total. The Bertz CT molecular complexity index is 1030. The molecule has 0 aliphatic heterocycles. The third-order valence-corrected chi connectivity index (χ3v) is 9.57. The molecule has 0 bridgehead atoms. The highest BCUT2D eigenvalue weighted by molar-refractivity contribution is 5.89. The number of carbonyl (C=O) groups is 2. The second-order valence-electron chi connectivity index (χ2n) is 14.3. The number of anilines is 2. The van der Waals surface area contributed by atoms with Crippen LogP contribution in [0.5, 0.6) is 0 Å². The normalized spacial score (nSPS) is 11.3. The monoisotopic (exact) mass is 707 g/mol. The Morgan fingerprint density at radius 3 is 1.04 bits per heavy atom. The first kappa shape index (κ1) is 44.1. The lowest BCUT2D eigenvalue weighted by molar-refractivity contribution is 0.241. The van der Waals surface area contributed by atoms with Crippen LogP contribution in [0.2, 0.25) is 0 Å². The van der Waals surface area contributed by atoms with Gasteiger partial charge in [-0.15, -0.1) is 0 Å². The van der Waals surface area contributed by atoms with E-state index in [0.29, 0.717) is 13.1 Å². The van der Waals surface area contributed by atoms with Gasteiger partial charge in [-0.2, -0.15) is 0 Å². The van der Waals surface area contributed by atoms with Crippen molar-refractivity contribution in [3.8, 4) is 0 Å². The highest BCUT2D eigenvalue weighted by Gasteiger charge is 2.09. The van der Waals surface area contributed by atoms with Crippen LogP contribution in [0.4, 0.5) is 21.0 Å². The third-order valence-electron chi connectivity index (χ3n) is 9.57. The number of amides is 4. The summed E-state index contributed by atoms with van der Waals surface area (Å²) in [6.07, 6.45) is 21.0. The van der Waals surface area contributed by atoms with Crippen molar-refractivity contribution in [3.05, 3.63) is 59.7 Å². The van der Waals surface area contributed by atoms with E-state index in [2.05, 4.69) is 83.0 Å². The summed E-state index contributed by atoms with van der Waals surface area (Å²) >= 11 is 0.